The van der Waals surface area contributed by atoms with E-state index < -0.39 is 5.91 Å². The number of hydrogen-bond donors (Lipinski definition) is 1. The van der Waals surface area contributed by atoms with Gasteiger partial charge in [-0.25, -0.2) is 0 Å². The van der Waals surface area contributed by atoms with E-state index in [2.05, 4.69) is 44.0 Å². The van der Waals surface area contributed by atoms with Gasteiger partial charge >= 0.3 is 0 Å². The fraction of sp³-hybridized carbons (Fsp3) is 0.400. The van der Waals surface area contributed by atoms with Crippen molar-refractivity contribution < 1.29 is 4.79 Å². The third-order valence-electron chi connectivity index (χ3n) is 4.97. The van der Waals surface area contributed by atoms with Crippen molar-refractivity contribution in [1.82, 2.24) is 4.98 Å². The average molecular weight is 308 g/mol. The second-order valence-corrected chi connectivity index (χ2v) is 7.10. The molecule has 0 bridgehead atoms. The van der Waals surface area contributed by atoms with Crippen molar-refractivity contribution >= 4 is 5.91 Å². The molecule has 1 aromatic heterocycles. The highest BCUT2D eigenvalue weighted by atomic mass is 16.1. The van der Waals surface area contributed by atoms with Crippen molar-refractivity contribution in [1.29, 1.82) is 0 Å². The van der Waals surface area contributed by atoms with Gasteiger partial charge in [-0.05, 0) is 47.4 Å². The quantitative estimate of drug-likeness (QED) is 0.909. The summed E-state index contributed by atoms with van der Waals surface area (Å²) in [5, 5.41) is 0. The molecule has 0 spiro atoms. The van der Waals surface area contributed by atoms with Gasteiger partial charge in [0.05, 0.1) is 11.3 Å². The fourth-order valence-corrected chi connectivity index (χ4v) is 4.04. The number of hydrogen-bond acceptors (Lipinski definition) is 2. The van der Waals surface area contributed by atoms with Gasteiger partial charge in [-0.15, -0.1) is 0 Å². The number of benzene rings is 1. The molecule has 0 radical (unpaired) electrons. The summed E-state index contributed by atoms with van der Waals surface area (Å²) in [7, 11) is 0. The number of aromatic nitrogens is 1. The summed E-state index contributed by atoms with van der Waals surface area (Å²) < 4.78 is 0. The monoisotopic (exact) mass is 308 g/mol. The first-order valence-corrected chi connectivity index (χ1v) is 8.34. The number of fused-ring (bicyclic) bond motifs is 1. The summed E-state index contributed by atoms with van der Waals surface area (Å²) in [5.41, 5.74) is 10.8. The van der Waals surface area contributed by atoms with Gasteiger partial charge in [-0.3, -0.25) is 9.78 Å². The Labute approximate surface area is 137 Å². The molecule has 1 unspecified atom stereocenters. The Morgan fingerprint density at radius 1 is 1.30 bits per heavy atom. The van der Waals surface area contributed by atoms with Gasteiger partial charge in [0.1, 0.15) is 0 Å². The van der Waals surface area contributed by atoms with Gasteiger partial charge in [0, 0.05) is 11.8 Å². The Kier molecular flexibility index (Phi) is 3.97. The van der Waals surface area contributed by atoms with Crippen LogP contribution < -0.4 is 5.73 Å². The molecule has 1 amide bonds. The molecule has 120 valence electrons. The first-order chi connectivity index (χ1) is 11.0. The number of pyridine rings is 1. The largest absolute Gasteiger partial charge is 0.366 e. The lowest BCUT2D eigenvalue weighted by Crippen LogP contribution is -2.14. The van der Waals surface area contributed by atoms with Crippen LogP contribution in [0.3, 0.4) is 0 Å². The third-order valence-corrected chi connectivity index (χ3v) is 4.97. The normalized spacial score (nSPS) is 18.7. The van der Waals surface area contributed by atoms with Crippen molar-refractivity contribution in [2.45, 2.75) is 51.4 Å². The van der Waals surface area contributed by atoms with E-state index in [9.17, 15) is 4.79 Å². The summed E-state index contributed by atoms with van der Waals surface area (Å²) >= 11 is 0. The van der Waals surface area contributed by atoms with Crippen LogP contribution in [0, 0.1) is 0 Å². The zero-order valence-corrected chi connectivity index (χ0v) is 14.1. The van der Waals surface area contributed by atoms with Crippen molar-refractivity contribution in [2.75, 3.05) is 0 Å². The summed E-state index contributed by atoms with van der Waals surface area (Å²) in [6.45, 7) is 6.83. The number of amides is 1. The van der Waals surface area contributed by atoms with Crippen LogP contribution >= 0.6 is 0 Å². The lowest BCUT2D eigenvalue weighted by atomic mass is 9.85. The van der Waals surface area contributed by atoms with E-state index in [0.29, 0.717) is 11.5 Å². The molecule has 0 saturated carbocycles. The molecule has 1 atom stereocenters. The highest BCUT2D eigenvalue weighted by molar-refractivity contribution is 5.99. The van der Waals surface area contributed by atoms with E-state index >= 15 is 0 Å². The Morgan fingerprint density at radius 2 is 2.09 bits per heavy atom. The van der Waals surface area contributed by atoms with Gasteiger partial charge in [0.25, 0.3) is 5.91 Å². The minimum absolute atomic E-state index is 0.160. The molecule has 0 saturated heterocycles. The molecule has 2 aromatic rings. The molecule has 3 rings (SSSR count). The fourth-order valence-electron chi connectivity index (χ4n) is 4.04. The number of carbonyl (C=O) groups is 1. The maximum atomic E-state index is 11.8. The molecular formula is C20H24N2O. The van der Waals surface area contributed by atoms with Crippen molar-refractivity contribution in [3.8, 4) is 11.3 Å². The van der Waals surface area contributed by atoms with Gasteiger partial charge in [-0.2, -0.15) is 0 Å². The first kappa shape index (κ1) is 15.7. The van der Waals surface area contributed by atoms with E-state index in [-0.39, 0.29) is 5.41 Å². The minimum atomic E-state index is -0.421. The topological polar surface area (TPSA) is 56.0 Å². The number of carbonyl (C=O) groups excluding carboxylic acids is 1. The molecule has 1 aromatic carbocycles. The molecular weight excluding hydrogens is 284 g/mol. The summed E-state index contributed by atoms with van der Waals surface area (Å²) in [6, 6.07) is 9.90. The highest BCUT2D eigenvalue weighted by Crippen LogP contribution is 2.51. The molecule has 1 aliphatic rings. The average Bonchev–Trinajstić information content (AvgIpc) is 2.79. The second kappa shape index (κ2) is 5.80. The second-order valence-electron chi connectivity index (χ2n) is 7.10. The Balaban J connectivity index is 2.24. The molecule has 3 heteroatoms. The van der Waals surface area contributed by atoms with Crippen LogP contribution in [0.15, 0.2) is 36.5 Å². The Bertz CT molecular complexity index is 749. The third kappa shape index (κ3) is 2.65. The van der Waals surface area contributed by atoms with E-state index in [0.717, 1.165) is 30.5 Å². The first-order valence-electron chi connectivity index (χ1n) is 8.34. The summed E-state index contributed by atoms with van der Waals surface area (Å²) in [5.74, 6) is 0.0962. The van der Waals surface area contributed by atoms with Gasteiger partial charge in [0.15, 0.2) is 0 Å². The van der Waals surface area contributed by atoms with Crippen molar-refractivity contribution in [3.05, 3.63) is 53.2 Å². The molecule has 0 aliphatic heterocycles. The Hall–Kier alpha value is -2.16. The van der Waals surface area contributed by atoms with E-state index in [1.54, 1.807) is 18.3 Å². The van der Waals surface area contributed by atoms with Gasteiger partial charge in [-0.1, -0.05) is 45.4 Å². The zero-order chi connectivity index (χ0) is 16.6. The standard InChI is InChI=1S/C20H24N2O/c1-4-7-13-12-20(2,3)16-10-5-8-14(17(13)16)18-15(19(21)23)9-6-11-22-18/h5-6,8-11,13H,4,7,12H2,1-3H3,(H2,21,23). The van der Waals surface area contributed by atoms with Crippen LogP contribution in [0.1, 0.15) is 67.4 Å². The minimum Gasteiger partial charge on any atom is -0.366 e. The summed E-state index contributed by atoms with van der Waals surface area (Å²) in [4.78, 5) is 16.3. The summed E-state index contributed by atoms with van der Waals surface area (Å²) in [6.07, 6.45) is 5.19. The van der Waals surface area contributed by atoms with Gasteiger partial charge < -0.3 is 5.73 Å². The lowest BCUT2D eigenvalue weighted by Gasteiger charge is -2.19. The van der Waals surface area contributed by atoms with E-state index in [1.165, 1.54) is 11.1 Å². The van der Waals surface area contributed by atoms with E-state index in [4.69, 9.17) is 5.73 Å². The number of primary amides is 1. The van der Waals surface area contributed by atoms with Crippen LogP contribution in [-0.2, 0) is 5.41 Å². The molecule has 0 fully saturated rings. The maximum absolute atomic E-state index is 11.8. The van der Waals surface area contributed by atoms with Crippen LogP contribution in [0.5, 0.6) is 0 Å². The maximum Gasteiger partial charge on any atom is 0.250 e. The van der Waals surface area contributed by atoms with Crippen molar-refractivity contribution in [2.24, 2.45) is 5.73 Å². The number of rotatable bonds is 4. The smallest absolute Gasteiger partial charge is 0.250 e. The van der Waals surface area contributed by atoms with Gasteiger partial charge in [0.2, 0.25) is 0 Å². The molecule has 1 heterocycles. The van der Waals surface area contributed by atoms with Crippen LogP contribution in [0.2, 0.25) is 0 Å². The van der Waals surface area contributed by atoms with Crippen LogP contribution in [0.4, 0.5) is 0 Å². The molecule has 2 N–H and O–H groups in total. The predicted octanol–water partition coefficient (Wildman–Crippen LogP) is 4.41. The Morgan fingerprint density at radius 3 is 2.78 bits per heavy atom. The predicted molar refractivity (Wildman–Crippen MR) is 93.5 cm³/mol. The zero-order valence-electron chi connectivity index (χ0n) is 14.1. The van der Waals surface area contributed by atoms with Crippen molar-refractivity contribution in [3.63, 3.8) is 0 Å². The highest BCUT2D eigenvalue weighted by Gasteiger charge is 2.38. The lowest BCUT2D eigenvalue weighted by molar-refractivity contribution is 0.100. The number of nitrogens with zero attached hydrogens (tertiary/aromatic N) is 1. The molecule has 3 nitrogen and oxygen atoms in total. The SMILES string of the molecule is CCCC1CC(C)(C)c2cccc(-c3ncccc3C(N)=O)c21. The van der Waals surface area contributed by atoms with E-state index in [1.807, 2.05) is 0 Å². The number of nitrogens with two attached hydrogens (primary N) is 1. The van der Waals surface area contributed by atoms with Crippen LogP contribution in [0.25, 0.3) is 11.3 Å². The molecule has 23 heavy (non-hydrogen) atoms. The van der Waals surface area contributed by atoms with Crippen LogP contribution in [-0.4, -0.2) is 10.9 Å². The molecule has 1 aliphatic carbocycles.